The van der Waals surface area contributed by atoms with E-state index in [4.69, 9.17) is 21.1 Å². The van der Waals surface area contributed by atoms with E-state index in [-0.39, 0.29) is 82.3 Å². The number of hydrogen-bond acceptors (Lipinski definition) is 16. The second kappa shape index (κ2) is 21.4. The Hall–Kier alpha value is -4.25. The molecule has 0 aliphatic carbocycles. The van der Waals surface area contributed by atoms with Gasteiger partial charge in [0, 0.05) is 20.3 Å². The number of aromatic amines is 2. The molecule has 2 saturated heterocycles. The van der Waals surface area contributed by atoms with Gasteiger partial charge in [-0.3, -0.25) is 48.9 Å². The molecule has 0 aromatic carbocycles. The highest BCUT2D eigenvalue weighted by Gasteiger charge is 2.51. The zero-order chi connectivity index (χ0) is 50.7. The van der Waals surface area contributed by atoms with Crippen LogP contribution in [0.1, 0.15) is 97.4 Å². The van der Waals surface area contributed by atoms with E-state index < -0.39 is 83.4 Å². The molecule has 4 aromatic heterocycles. The van der Waals surface area contributed by atoms with Crippen molar-refractivity contribution in [2.75, 3.05) is 24.4 Å². The molecule has 2 aliphatic rings. The maximum Gasteiger partial charge on any atom is 0.280 e. The summed E-state index contributed by atoms with van der Waals surface area (Å²) in [6.07, 6.45) is -4.20. The lowest BCUT2D eigenvalue weighted by molar-refractivity contribution is -0.119. The molecule has 4 aromatic rings. The predicted molar refractivity (Wildman–Crippen MR) is 255 cm³/mol. The molecule has 0 bridgehead atoms. The van der Waals surface area contributed by atoms with Gasteiger partial charge in [0.25, 0.3) is 11.1 Å². The first kappa shape index (κ1) is 52.7. The standard InChI is InChI=1S/C20H33N5O6Si.C20H33N5O5Si.CH4O.CH4/c1-10(2)16(28)23-19-22-15-12(17(29)24-19)21-9-25(15)18-14(13(27)11(8-26)30-18)31-32(6,7)20(3,4)5;1-10(2)16(27)23-19-22-15-12(17(28)24-19)21-9-25(15)18-14(13(26)11(3)29-18)30-31(7,8)20(4,5)6;1-2;/h9-11,13-14,18,26-27H,8H2,1-7H3,(H2,22,23,24,28,29);9-11,13-14,18,26H,1-8H3,(H2,22,23,24,27,28);2H,1H3;1H4/i;3D;2T;. The van der Waals surface area contributed by atoms with Crippen molar-refractivity contribution >= 4 is 62.7 Å². The molecular weight excluding hydrogens is 893 g/mol. The molecule has 24 heteroatoms. The maximum atomic E-state index is 12.5. The molecule has 8 N–H and O–H groups in total. The van der Waals surface area contributed by atoms with Crippen molar-refractivity contribution in [2.45, 2.75) is 169 Å². The Kier molecular flexibility index (Phi) is 17.1. The largest absolute Gasteiger partial charge is 0.407 e. The van der Waals surface area contributed by atoms with Gasteiger partial charge in [-0.25, -0.2) is 9.97 Å². The van der Waals surface area contributed by atoms with Crippen LogP contribution in [0.15, 0.2) is 22.2 Å². The Morgan fingerprint density at radius 2 is 1.20 bits per heavy atom. The van der Waals surface area contributed by atoms with Crippen LogP contribution in [-0.2, 0) is 27.9 Å². The van der Waals surface area contributed by atoms with Crippen LogP contribution < -0.4 is 21.8 Å². The SMILES string of the molecule is C.CC(C)C(=O)Nc1nc2c(ncn2C2OC(CO)C(O)C2O[Si](C)(C)C(C)(C)C)c(=O)[nH]1.[2H]CC1OC(n2cnc3c(=O)[nH]c(NC(=O)C(C)C)nc32)C(O[Si](C)(C)C(C)(C)C)C1O.[3H]OC. The number of carbonyl (C=O) groups excluding carboxylic acids is 2. The highest BCUT2D eigenvalue weighted by atomic mass is 28.4. The van der Waals surface area contributed by atoms with E-state index in [2.05, 4.69) is 113 Å². The number of rotatable bonds is 11. The number of nitrogens with one attached hydrogen (secondary N) is 4. The number of nitrogens with zero attached hydrogens (tertiary/aromatic N) is 6. The summed E-state index contributed by atoms with van der Waals surface area (Å²) >= 11 is 0. The molecule has 8 atom stereocenters. The number of aromatic nitrogens is 8. The first-order valence-corrected chi connectivity index (χ1v) is 27.2. The third-order valence-electron chi connectivity index (χ3n) is 12.2. The Balaban J connectivity index is 0.000000336. The minimum Gasteiger partial charge on any atom is -0.407 e. The molecule has 372 valence electrons. The summed E-state index contributed by atoms with van der Waals surface area (Å²) in [7, 11) is -3.35. The molecule has 66 heavy (non-hydrogen) atoms. The van der Waals surface area contributed by atoms with Crippen LogP contribution in [0.25, 0.3) is 22.3 Å². The van der Waals surface area contributed by atoms with Crippen molar-refractivity contribution in [1.29, 1.82) is 1.43 Å². The lowest BCUT2D eigenvalue weighted by atomic mass is 10.1. The summed E-state index contributed by atoms with van der Waals surface area (Å²) < 4.78 is 41.4. The molecule has 6 heterocycles. The number of imidazole rings is 2. The summed E-state index contributed by atoms with van der Waals surface area (Å²) in [5.74, 6) is -1.20. The zero-order valence-corrected chi connectivity index (χ0v) is 42.0. The summed E-state index contributed by atoms with van der Waals surface area (Å²) in [5, 5.41) is 39.9. The molecule has 8 unspecified atom stereocenters. The summed E-state index contributed by atoms with van der Waals surface area (Å²) in [6, 6.07) is 0. The lowest BCUT2D eigenvalue weighted by Crippen LogP contribution is -2.48. The molecule has 0 spiro atoms. The van der Waals surface area contributed by atoms with E-state index in [1.165, 1.54) is 28.9 Å². The topological polar surface area (TPSA) is 303 Å². The van der Waals surface area contributed by atoms with Crippen LogP contribution in [0.3, 0.4) is 0 Å². The van der Waals surface area contributed by atoms with E-state index in [0.717, 1.165) is 0 Å². The summed E-state index contributed by atoms with van der Waals surface area (Å²) in [6.45, 7) is 27.1. The summed E-state index contributed by atoms with van der Waals surface area (Å²) in [4.78, 5) is 71.3. The smallest absolute Gasteiger partial charge is 0.280 e. The average molecular weight is 970 g/mol. The third-order valence-corrected chi connectivity index (χ3v) is 21.2. The third kappa shape index (κ3) is 11.9. The Morgan fingerprint density at radius 1 is 0.818 bits per heavy atom. The number of H-pyrrole nitrogens is 2. The van der Waals surface area contributed by atoms with Gasteiger partial charge in [-0.05, 0) is 43.2 Å². The van der Waals surface area contributed by atoms with Crippen molar-refractivity contribution in [3.63, 3.8) is 0 Å². The van der Waals surface area contributed by atoms with Crippen molar-refractivity contribution in [3.05, 3.63) is 33.4 Å². The molecule has 6 rings (SSSR count). The number of hydrogen-bond donors (Lipinski definition) is 8. The van der Waals surface area contributed by atoms with Crippen LogP contribution >= 0.6 is 0 Å². The number of aliphatic hydroxyl groups is 4. The van der Waals surface area contributed by atoms with Gasteiger partial charge >= 0.3 is 0 Å². The first-order valence-electron chi connectivity index (χ1n) is 22.5. The van der Waals surface area contributed by atoms with E-state index >= 15 is 0 Å². The van der Waals surface area contributed by atoms with Gasteiger partial charge in [0.1, 0.15) is 30.5 Å². The van der Waals surface area contributed by atoms with Crippen molar-refractivity contribution < 1.29 is 49.7 Å². The van der Waals surface area contributed by atoms with E-state index in [1.807, 2.05) is 0 Å². The molecule has 2 aliphatic heterocycles. The van der Waals surface area contributed by atoms with Crippen LogP contribution in [-0.4, -0.2) is 140 Å². The van der Waals surface area contributed by atoms with Crippen molar-refractivity contribution in [2.24, 2.45) is 11.8 Å². The number of aliphatic hydroxyl groups excluding tert-OH is 4. The fourth-order valence-corrected chi connectivity index (χ4v) is 8.77. The monoisotopic (exact) mass is 970 g/mol. The van der Waals surface area contributed by atoms with Gasteiger partial charge in [-0.2, -0.15) is 9.97 Å². The number of ether oxygens (including phenoxy) is 2. The maximum absolute atomic E-state index is 12.5. The zero-order valence-electron chi connectivity index (χ0n) is 42.0. The van der Waals surface area contributed by atoms with Gasteiger partial charge in [0.15, 0.2) is 51.4 Å². The van der Waals surface area contributed by atoms with Crippen molar-refractivity contribution in [3.8, 4) is 0 Å². The minimum absolute atomic E-state index is 0. The molecule has 0 saturated carbocycles. The van der Waals surface area contributed by atoms with Crippen molar-refractivity contribution in [1.82, 2.24) is 39.0 Å². The minimum atomic E-state index is -2.33. The highest BCUT2D eigenvalue weighted by molar-refractivity contribution is 6.74. The van der Waals surface area contributed by atoms with E-state index in [0.29, 0.717) is 0 Å². The van der Waals surface area contributed by atoms with Gasteiger partial charge in [0.05, 0.1) is 25.4 Å². The van der Waals surface area contributed by atoms with Crippen LogP contribution in [0.4, 0.5) is 11.9 Å². The second-order valence-electron chi connectivity index (χ2n) is 19.7. The highest BCUT2D eigenvalue weighted by Crippen LogP contribution is 2.44. The Labute approximate surface area is 390 Å². The molecule has 0 radical (unpaired) electrons. The fourth-order valence-electron chi connectivity index (χ4n) is 6.19. The quantitative estimate of drug-likeness (QED) is 0.0986. The Bertz CT molecular complexity index is 2280. The Morgan fingerprint density at radius 3 is 1.55 bits per heavy atom. The van der Waals surface area contributed by atoms with Gasteiger partial charge < -0.3 is 38.8 Å². The number of anilines is 2. The van der Waals surface area contributed by atoms with Crippen LogP contribution in [0.2, 0.25) is 36.3 Å². The molecule has 22 nitrogen and oxygen atoms in total. The predicted octanol–water partition coefficient (Wildman–Crippen LogP) is 3.98. The lowest BCUT2D eigenvalue weighted by Gasteiger charge is -2.40. The van der Waals surface area contributed by atoms with Gasteiger partial charge in [0.2, 0.25) is 25.1 Å². The van der Waals surface area contributed by atoms with Gasteiger partial charge in [-0.1, -0.05) is 76.7 Å². The first-order chi connectivity index (χ1) is 30.9. The fraction of sp³-hybridized carbons (Fsp3) is 0.714. The average Bonchev–Trinajstić information content (AvgIpc) is 3.98. The second-order valence-corrected chi connectivity index (χ2v) is 29.3. The van der Waals surface area contributed by atoms with E-state index in [1.54, 1.807) is 27.7 Å². The van der Waals surface area contributed by atoms with E-state index in [9.17, 15) is 34.5 Å². The molecule has 2 fully saturated rings. The van der Waals surface area contributed by atoms with Crippen LogP contribution in [0.5, 0.6) is 0 Å². The van der Waals surface area contributed by atoms with Crippen LogP contribution in [0, 0.1) is 11.8 Å². The molecule has 2 amide bonds. The number of amides is 2. The number of fused-ring (bicyclic) bond motifs is 2. The number of carbonyl (C=O) groups is 2. The van der Waals surface area contributed by atoms with Gasteiger partial charge in [-0.15, -0.1) is 0 Å². The molecular formula is C42H74N10O12Si2. The summed E-state index contributed by atoms with van der Waals surface area (Å²) in [5.41, 5.74) is -0.528. The normalized spacial score (nSPS) is 24.0.